The average Bonchev–Trinajstić information content (AvgIpc) is 2.49. The van der Waals surface area contributed by atoms with E-state index < -0.39 is 0 Å². The van der Waals surface area contributed by atoms with Gasteiger partial charge in [0, 0.05) is 5.69 Å². The Balaban J connectivity index is 1.98. The quantitative estimate of drug-likeness (QED) is 0.873. The molecule has 1 aromatic carbocycles. The fourth-order valence-corrected chi connectivity index (χ4v) is 2.69. The predicted octanol–water partition coefficient (Wildman–Crippen LogP) is 3.16. The normalized spacial score (nSPS) is 13.3. The Labute approximate surface area is 118 Å². The first-order valence-corrected chi connectivity index (χ1v) is 6.81. The minimum atomic E-state index is 0.471. The van der Waals surface area contributed by atoms with Crippen molar-refractivity contribution in [3.8, 4) is 6.07 Å². The third kappa shape index (κ3) is 2.30. The van der Waals surface area contributed by atoms with Gasteiger partial charge in [-0.3, -0.25) is 0 Å². The molecular weight excluding hydrogens is 248 g/mol. The lowest BCUT2D eigenvalue weighted by molar-refractivity contribution is 0.687. The highest BCUT2D eigenvalue weighted by Gasteiger charge is 2.14. The molecule has 4 heteroatoms. The summed E-state index contributed by atoms with van der Waals surface area (Å²) in [4.78, 5) is 4.23. The van der Waals surface area contributed by atoms with Gasteiger partial charge in [0.15, 0.2) is 0 Å². The number of nitrogen functional groups attached to an aromatic ring is 1. The second-order valence-electron chi connectivity index (χ2n) is 5.05. The zero-order valence-electron chi connectivity index (χ0n) is 11.2. The van der Waals surface area contributed by atoms with E-state index in [9.17, 15) is 5.26 Å². The molecule has 100 valence electrons. The maximum Gasteiger partial charge on any atom is 0.148 e. The number of nitrogens with two attached hydrogens (primary N) is 1. The van der Waals surface area contributed by atoms with Crippen molar-refractivity contribution in [3.63, 3.8) is 0 Å². The Bertz CT molecular complexity index is 685. The number of hydrogen-bond donors (Lipinski definition) is 2. The molecule has 0 unspecified atom stereocenters. The molecule has 4 nitrogen and oxygen atoms in total. The second-order valence-corrected chi connectivity index (χ2v) is 5.05. The Morgan fingerprint density at radius 2 is 2.10 bits per heavy atom. The number of rotatable bonds is 2. The van der Waals surface area contributed by atoms with Crippen LogP contribution in [0.5, 0.6) is 0 Å². The van der Waals surface area contributed by atoms with Crippen LogP contribution in [0.2, 0.25) is 0 Å². The highest BCUT2D eigenvalue weighted by molar-refractivity contribution is 5.68. The molecule has 1 aliphatic rings. The molecule has 0 saturated heterocycles. The van der Waals surface area contributed by atoms with Crippen molar-refractivity contribution in [3.05, 3.63) is 47.2 Å². The summed E-state index contributed by atoms with van der Waals surface area (Å²) < 4.78 is 0. The fraction of sp³-hybridized carbons (Fsp3) is 0.250. The summed E-state index contributed by atoms with van der Waals surface area (Å²) in [7, 11) is 0. The smallest absolute Gasteiger partial charge is 0.148 e. The van der Waals surface area contributed by atoms with Gasteiger partial charge in [-0.1, -0.05) is 12.1 Å². The van der Waals surface area contributed by atoms with Gasteiger partial charge in [0.1, 0.15) is 11.9 Å². The second kappa shape index (κ2) is 5.22. The van der Waals surface area contributed by atoms with Gasteiger partial charge in [0.2, 0.25) is 0 Å². The minimum Gasteiger partial charge on any atom is -0.397 e. The van der Waals surface area contributed by atoms with E-state index in [0.29, 0.717) is 17.1 Å². The molecule has 0 saturated carbocycles. The van der Waals surface area contributed by atoms with E-state index in [1.807, 2.05) is 6.07 Å². The number of aromatic nitrogens is 1. The van der Waals surface area contributed by atoms with Crippen LogP contribution in [0.3, 0.4) is 0 Å². The molecule has 20 heavy (non-hydrogen) atoms. The SMILES string of the molecule is N#Cc1cc(N)cnc1Nc1cccc2c1CCCC2. The van der Waals surface area contributed by atoms with Crippen molar-refractivity contribution in [1.29, 1.82) is 5.26 Å². The molecule has 1 aliphatic carbocycles. The first-order chi connectivity index (χ1) is 9.78. The summed E-state index contributed by atoms with van der Waals surface area (Å²) in [6.07, 6.45) is 6.24. The number of nitrogens with one attached hydrogen (secondary N) is 1. The van der Waals surface area contributed by atoms with Crippen LogP contribution in [0.4, 0.5) is 17.2 Å². The molecule has 0 aliphatic heterocycles. The average molecular weight is 264 g/mol. The van der Waals surface area contributed by atoms with Gasteiger partial charge in [-0.25, -0.2) is 4.98 Å². The van der Waals surface area contributed by atoms with Gasteiger partial charge >= 0.3 is 0 Å². The summed E-state index contributed by atoms with van der Waals surface area (Å²) in [5.41, 5.74) is 10.4. The number of anilines is 3. The van der Waals surface area contributed by atoms with E-state index in [1.165, 1.54) is 24.0 Å². The molecule has 0 fully saturated rings. The van der Waals surface area contributed by atoms with Gasteiger partial charge in [0.05, 0.1) is 17.4 Å². The maximum absolute atomic E-state index is 9.17. The van der Waals surface area contributed by atoms with Crippen molar-refractivity contribution in [2.75, 3.05) is 11.1 Å². The molecule has 0 spiro atoms. The highest BCUT2D eigenvalue weighted by atomic mass is 15.0. The standard InChI is InChI=1S/C16H16N4/c17-9-12-8-13(18)10-19-16(12)20-15-7-3-5-11-4-1-2-6-14(11)15/h3,5,7-8,10H,1-2,4,6,18H2,(H,19,20). The third-order valence-corrected chi connectivity index (χ3v) is 3.68. The lowest BCUT2D eigenvalue weighted by Gasteiger charge is -2.20. The maximum atomic E-state index is 9.17. The van der Waals surface area contributed by atoms with Crippen LogP contribution in [0.15, 0.2) is 30.5 Å². The van der Waals surface area contributed by atoms with Crippen molar-refractivity contribution >= 4 is 17.2 Å². The summed E-state index contributed by atoms with van der Waals surface area (Å²) in [6.45, 7) is 0. The Morgan fingerprint density at radius 1 is 1.25 bits per heavy atom. The van der Waals surface area contributed by atoms with Crippen LogP contribution in [0.1, 0.15) is 29.5 Å². The van der Waals surface area contributed by atoms with E-state index >= 15 is 0 Å². The minimum absolute atomic E-state index is 0.471. The van der Waals surface area contributed by atoms with Gasteiger partial charge in [-0.05, 0) is 48.9 Å². The molecular formula is C16H16N4. The monoisotopic (exact) mass is 264 g/mol. The summed E-state index contributed by atoms with van der Waals surface area (Å²) in [6, 6.07) is 10.1. The van der Waals surface area contributed by atoms with Gasteiger partial charge < -0.3 is 11.1 Å². The van der Waals surface area contributed by atoms with Gasteiger partial charge in [0.25, 0.3) is 0 Å². The summed E-state index contributed by atoms with van der Waals surface area (Å²) in [5.74, 6) is 0.570. The van der Waals surface area contributed by atoms with Crippen LogP contribution in [0, 0.1) is 11.3 Å². The van der Waals surface area contributed by atoms with Crippen molar-refractivity contribution in [2.24, 2.45) is 0 Å². The lowest BCUT2D eigenvalue weighted by atomic mass is 9.90. The first kappa shape index (κ1) is 12.5. The van der Waals surface area contributed by atoms with Crippen LogP contribution < -0.4 is 11.1 Å². The van der Waals surface area contributed by atoms with E-state index in [0.717, 1.165) is 18.5 Å². The Kier molecular flexibility index (Phi) is 3.26. The molecule has 0 atom stereocenters. The Morgan fingerprint density at radius 3 is 2.95 bits per heavy atom. The largest absolute Gasteiger partial charge is 0.397 e. The molecule has 1 heterocycles. The number of nitrogens with zero attached hydrogens (tertiary/aromatic N) is 2. The molecule has 0 radical (unpaired) electrons. The van der Waals surface area contributed by atoms with Crippen molar-refractivity contribution < 1.29 is 0 Å². The summed E-state index contributed by atoms with van der Waals surface area (Å²) >= 11 is 0. The van der Waals surface area contributed by atoms with Crippen LogP contribution in [-0.4, -0.2) is 4.98 Å². The molecule has 2 aromatic rings. The zero-order valence-corrected chi connectivity index (χ0v) is 11.2. The Hall–Kier alpha value is -2.54. The van der Waals surface area contributed by atoms with Crippen LogP contribution >= 0.6 is 0 Å². The topological polar surface area (TPSA) is 74.7 Å². The predicted molar refractivity (Wildman–Crippen MR) is 79.7 cm³/mol. The lowest BCUT2D eigenvalue weighted by Crippen LogP contribution is -2.07. The van der Waals surface area contributed by atoms with Crippen molar-refractivity contribution in [1.82, 2.24) is 4.98 Å². The number of nitriles is 1. The number of benzene rings is 1. The van der Waals surface area contributed by atoms with E-state index in [1.54, 1.807) is 12.3 Å². The molecule has 1 aromatic heterocycles. The van der Waals surface area contributed by atoms with Gasteiger partial charge in [-0.15, -0.1) is 0 Å². The van der Waals surface area contributed by atoms with Crippen LogP contribution in [0.25, 0.3) is 0 Å². The molecule has 3 N–H and O–H groups in total. The highest BCUT2D eigenvalue weighted by Crippen LogP contribution is 2.30. The third-order valence-electron chi connectivity index (χ3n) is 3.68. The fourth-order valence-electron chi connectivity index (χ4n) is 2.69. The first-order valence-electron chi connectivity index (χ1n) is 6.81. The van der Waals surface area contributed by atoms with Crippen LogP contribution in [-0.2, 0) is 12.8 Å². The molecule has 0 bridgehead atoms. The van der Waals surface area contributed by atoms with Gasteiger partial charge in [-0.2, -0.15) is 5.26 Å². The molecule has 3 rings (SSSR count). The van der Waals surface area contributed by atoms with E-state index in [2.05, 4.69) is 28.5 Å². The zero-order chi connectivity index (χ0) is 13.9. The van der Waals surface area contributed by atoms with E-state index in [-0.39, 0.29) is 0 Å². The van der Waals surface area contributed by atoms with E-state index in [4.69, 9.17) is 5.73 Å². The number of fused-ring (bicyclic) bond motifs is 1. The number of hydrogen-bond acceptors (Lipinski definition) is 4. The molecule has 0 amide bonds. The number of aryl methyl sites for hydroxylation is 1. The number of pyridine rings is 1. The van der Waals surface area contributed by atoms with Crippen molar-refractivity contribution in [2.45, 2.75) is 25.7 Å². The summed E-state index contributed by atoms with van der Waals surface area (Å²) in [5, 5.41) is 12.5.